The van der Waals surface area contributed by atoms with Gasteiger partial charge in [-0.2, -0.15) is 5.10 Å². The second-order valence-electron chi connectivity index (χ2n) is 3.91. The van der Waals surface area contributed by atoms with Crippen LogP contribution in [-0.4, -0.2) is 33.9 Å². The molecule has 2 rings (SSSR count). The van der Waals surface area contributed by atoms with E-state index in [4.69, 9.17) is 16.7 Å². The highest BCUT2D eigenvalue weighted by atomic mass is 35.5. The van der Waals surface area contributed by atoms with Crippen LogP contribution in [0.25, 0.3) is 0 Å². The van der Waals surface area contributed by atoms with Gasteiger partial charge in [-0.25, -0.2) is 0 Å². The Morgan fingerprint density at radius 3 is 2.80 bits per heavy atom. The number of hydrogen-bond acceptors (Lipinski definition) is 3. The van der Waals surface area contributed by atoms with Crippen LogP contribution in [0.4, 0.5) is 0 Å². The van der Waals surface area contributed by atoms with Crippen LogP contribution < -0.4 is 5.32 Å². The van der Waals surface area contributed by atoms with Gasteiger partial charge >= 0.3 is 5.97 Å². The van der Waals surface area contributed by atoms with Gasteiger partial charge in [0.25, 0.3) is 0 Å². The highest BCUT2D eigenvalue weighted by molar-refractivity contribution is 6.31. The van der Waals surface area contributed by atoms with Crippen molar-refractivity contribution in [2.45, 2.75) is 18.9 Å². The molecule has 1 aromatic heterocycles. The molecule has 15 heavy (non-hydrogen) atoms. The zero-order valence-electron chi connectivity index (χ0n) is 8.33. The van der Waals surface area contributed by atoms with Crippen molar-refractivity contribution in [3.63, 3.8) is 0 Å². The van der Waals surface area contributed by atoms with Crippen LogP contribution in [0.2, 0.25) is 5.02 Å². The third kappa shape index (κ3) is 1.72. The summed E-state index contributed by atoms with van der Waals surface area (Å²) in [7, 11) is 0. The first kappa shape index (κ1) is 10.4. The van der Waals surface area contributed by atoms with E-state index in [1.54, 1.807) is 17.8 Å². The van der Waals surface area contributed by atoms with E-state index in [1.165, 1.54) is 0 Å². The van der Waals surface area contributed by atoms with Gasteiger partial charge in [0.05, 0.1) is 22.7 Å². The molecule has 1 aromatic rings. The van der Waals surface area contributed by atoms with Crippen molar-refractivity contribution in [3.8, 4) is 0 Å². The van der Waals surface area contributed by atoms with Crippen LogP contribution in [0.5, 0.6) is 0 Å². The summed E-state index contributed by atoms with van der Waals surface area (Å²) in [5.41, 5.74) is 0.289. The first-order chi connectivity index (χ1) is 7.03. The summed E-state index contributed by atoms with van der Waals surface area (Å²) in [6.45, 7) is 3.05. The average Bonchev–Trinajstić information content (AvgIpc) is 2.40. The average molecular weight is 230 g/mol. The molecule has 82 valence electrons. The van der Waals surface area contributed by atoms with Gasteiger partial charge in [-0.3, -0.25) is 9.48 Å². The molecule has 1 fully saturated rings. The van der Waals surface area contributed by atoms with Crippen molar-refractivity contribution in [1.82, 2.24) is 15.1 Å². The maximum atomic E-state index is 10.8. The highest BCUT2D eigenvalue weighted by Gasteiger charge is 2.42. The summed E-state index contributed by atoms with van der Waals surface area (Å²) in [5.74, 6) is -0.819. The van der Waals surface area contributed by atoms with Gasteiger partial charge in [-0.15, -0.1) is 0 Å². The largest absolute Gasteiger partial charge is 0.481 e. The van der Waals surface area contributed by atoms with Crippen LogP contribution >= 0.6 is 11.6 Å². The maximum absolute atomic E-state index is 10.8. The Hall–Kier alpha value is -1.07. The van der Waals surface area contributed by atoms with E-state index in [-0.39, 0.29) is 6.42 Å². The van der Waals surface area contributed by atoms with E-state index >= 15 is 0 Å². The lowest BCUT2D eigenvalue weighted by Crippen LogP contribution is -2.61. The lowest BCUT2D eigenvalue weighted by atomic mass is 9.89. The summed E-state index contributed by atoms with van der Waals surface area (Å²) >= 11 is 5.90. The zero-order chi connectivity index (χ0) is 11.1. The SMILES string of the molecule is Cc1nn(C2(CC(=O)O)CNC2)cc1Cl. The van der Waals surface area contributed by atoms with E-state index in [0.717, 1.165) is 5.69 Å². The minimum absolute atomic E-state index is 0.0669. The first-order valence-corrected chi connectivity index (χ1v) is 5.06. The molecule has 0 unspecified atom stereocenters. The molecule has 2 N–H and O–H groups in total. The fourth-order valence-corrected chi connectivity index (χ4v) is 1.88. The first-order valence-electron chi connectivity index (χ1n) is 4.68. The molecule has 1 aliphatic rings. The lowest BCUT2D eigenvalue weighted by Gasteiger charge is -2.41. The topological polar surface area (TPSA) is 67.2 Å². The summed E-state index contributed by atoms with van der Waals surface area (Å²) in [4.78, 5) is 10.8. The van der Waals surface area contributed by atoms with Gasteiger partial charge in [-0.05, 0) is 6.92 Å². The summed E-state index contributed by atoms with van der Waals surface area (Å²) < 4.78 is 1.68. The van der Waals surface area contributed by atoms with Gasteiger partial charge in [0.2, 0.25) is 0 Å². The van der Waals surface area contributed by atoms with Crippen molar-refractivity contribution < 1.29 is 9.90 Å². The number of carbonyl (C=O) groups is 1. The van der Waals surface area contributed by atoms with Gasteiger partial charge in [0, 0.05) is 19.3 Å². The Bertz CT molecular complexity index is 379. The fraction of sp³-hybridized carbons (Fsp3) is 0.556. The third-order valence-corrected chi connectivity index (χ3v) is 3.08. The Kier molecular flexibility index (Phi) is 2.44. The number of halogens is 1. The van der Waals surface area contributed by atoms with Crippen molar-refractivity contribution in [1.29, 1.82) is 0 Å². The summed E-state index contributed by atoms with van der Waals surface area (Å²) in [6, 6.07) is 0. The maximum Gasteiger partial charge on any atom is 0.305 e. The van der Waals surface area contributed by atoms with Gasteiger partial charge in [0.1, 0.15) is 0 Å². The van der Waals surface area contributed by atoms with Crippen LogP contribution in [0.15, 0.2) is 6.20 Å². The quantitative estimate of drug-likeness (QED) is 0.798. The fourth-order valence-electron chi connectivity index (χ4n) is 1.75. The number of nitrogens with zero attached hydrogens (tertiary/aromatic N) is 2. The van der Waals surface area contributed by atoms with E-state index in [9.17, 15) is 4.79 Å². The molecule has 0 spiro atoms. The molecular formula is C9H12ClN3O2. The van der Waals surface area contributed by atoms with Crippen molar-refractivity contribution in [2.24, 2.45) is 0 Å². The number of aliphatic carboxylic acids is 1. The summed E-state index contributed by atoms with van der Waals surface area (Å²) in [6.07, 6.45) is 1.76. The molecule has 0 saturated carbocycles. The molecule has 0 bridgehead atoms. The van der Waals surface area contributed by atoms with Crippen molar-refractivity contribution in [2.75, 3.05) is 13.1 Å². The molecule has 0 aliphatic carbocycles. The van der Waals surface area contributed by atoms with E-state index < -0.39 is 11.5 Å². The molecule has 0 aromatic carbocycles. The van der Waals surface area contributed by atoms with E-state index in [0.29, 0.717) is 18.1 Å². The monoisotopic (exact) mass is 229 g/mol. The molecule has 5 nitrogen and oxygen atoms in total. The summed E-state index contributed by atoms with van der Waals surface area (Å²) in [5, 5.41) is 16.7. The number of aryl methyl sites for hydroxylation is 1. The number of nitrogens with one attached hydrogen (secondary N) is 1. The molecule has 0 radical (unpaired) electrons. The van der Waals surface area contributed by atoms with Crippen molar-refractivity contribution >= 4 is 17.6 Å². The molecule has 1 aliphatic heterocycles. The van der Waals surface area contributed by atoms with Crippen LogP contribution in [0, 0.1) is 6.92 Å². The highest BCUT2D eigenvalue weighted by Crippen LogP contribution is 2.27. The lowest BCUT2D eigenvalue weighted by molar-refractivity contribution is -0.140. The smallest absolute Gasteiger partial charge is 0.305 e. The Morgan fingerprint density at radius 2 is 2.47 bits per heavy atom. The standard InChI is InChI=1S/C9H12ClN3O2/c1-6-7(10)3-13(12-6)9(2-8(14)15)4-11-5-9/h3,11H,2,4-5H2,1H3,(H,14,15). The second kappa shape index (κ2) is 3.50. The molecular weight excluding hydrogens is 218 g/mol. The molecule has 2 heterocycles. The van der Waals surface area contributed by atoms with Crippen LogP contribution in [-0.2, 0) is 10.3 Å². The minimum Gasteiger partial charge on any atom is -0.481 e. The molecule has 0 atom stereocenters. The van der Waals surface area contributed by atoms with Crippen LogP contribution in [0.1, 0.15) is 12.1 Å². The second-order valence-corrected chi connectivity index (χ2v) is 4.31. The number of carboxylic acid groups (broad SMARTS) is 1. The van der Waals surface area contributed by atoms with Gasteiger partial charge in [0.15, 0.2) is 0 Å². The number of rotatable bonds is 3. The van der Waals surface area contributed by atoms with Crippen LogP contribution in [0.3, 0.4) is 0 Å². The van der Waals surface area contributed by atoms with Crippen molar-refractivity contribution in [3.05, 3.63) is 16.9 Å². The Morgan fingerprint density at radius 1 is 1.80 bits per heavy atom. The Balaban J connectivity index is 2.29. The molecule has 0 amide bonds. The molecule has 6 heteroatoms. The normalized spacial score (nSPS) is 18.5. The van der Waals surface area contributed by atoms with Gasteiger partial charge < -0.3 is 10.4 Å². The van der Waals surface area contributed by atoms with E-state index in [2.05, 4.69) is 10.4 Å². The van der Waals surface area contributed by atoms with E-state index in [1.807, 2.05) is 0 Å². The predicted molar refractivity (Wildman–Crippen MR) is 55.1 cm³/mol. The number of hydrogen-bond donors (Lipinski definition) is 2. The minimum atomic E-state index is -0.819. The predicted octanol–water partition coefficient (Wildman–Crippen LogP) is 0.618. The number of carboxylic acids is 1. The zero-order valence-corrected chi connectivity index (χ0v) is 9.08. The van der Waals surface area contributed by atoms with Gasteiger partial charge in [-0.1, -0.05) is 11.6 Å². The third-order valence-electron chi connectivity index (χ3n) is 2.71. The molecule has 1 saturated heterocycles. The number of aromatic nitrogens is 2. The Labute approximate surface area is 92.0 Å².